The average molecular weight is 447 g/mol. The van der Waals surface area contributed by atoms with Gasteiger partial charge in [-0.1, -0.05) is 48.5 Å². The van der Waals surface area contributed by atoms with Crippen molar-refractivity contribution in [3.63, 3.8) is 0 Å². The van der Waals surface area contributed by atoms with Gasteiger partial charge in [0.15, 0.2) is 0 Å². The van der Waals surface area contributed by atoms with E-state index in [0.29, 0.717) is 6.61 Å². The second-order valence-corrected chi connectivity index (χ2v) is 7.09. The molecule has 0 spiro atoms. The Balaban J connectivity index is 1.67. The van der Waals surface area contributed by atoms with E-state index in [0.717, 1.165) is 32.5 Å². The van der Waals surface area contributed by atoms with Crippen LogP contribution < -0.4 is 10.1 Å². The summed E-state index contributed by atoms with van der Waals surface area (Å²) in [7, 11) is 0. The van der Waals surface area contributed by atoms with Gasteiger partial charge in [0.1, 0.15) is 12.4 Å². The largest absolute Gasteiger partial charge is 0.487 e. The van der Waals surface area contributed by atoms with Gasteiger partial charge in [0.25, 0.3) is 0 Å². The van der Waals surface area contributed by atoms with Crippen LogP contribution in [0, 0.1) is 0 Å². The van der Waals surface area contributed by atoms with Gasteiger partial charge < -0.3 is 10.1 Å². The lowest BCUT2D eigenvalue weighted by Gasteiger charge is -2.13. The smallest absolute Gasteiger partial charge is 0.148 e. The minimum Gasteiger partial charge on any atom is -0.487 e. The third-order valence-electron chi connectivity index (χ3n) is 3.55. The first-order valence-corrected chi connectivity index (χ1v) is 9.24. The fourth-order valence-corrected chi connectivity index (χ4v) is 3.85. The Bertz CT molecular complexity index is 768. The summed E-state index contributed by atoms with van der Waals surface area (Å²) < 4.78 is 7.84. The van der Waals surface area contributed by atoms with Gasteiger partial charge in [-0.25, -0.2) is 0 Å². The number of nitrogens with one attached hydrogen (secondary N) is 1. The van der Waals surface area contributed by atoms with E-state index >= 15 is 0 Å². The van der Waals surface area contributed by atoms with E-state index in [9.17, 15) is 0 Å². The van der Waals surface area contributed by atoms with Crippen molar-refractivity contribution in [2.45, 2.75) is 13.2 Å². The van der Waals surface area contributed by atoms with Crippen LogP contribution in [0.1, 0.15) is 11.1 Å². The van der Waals surface area contributed by atoms with Gasteiger partial charge in [0.2, 0.25) is 0 Å². The zero-order valence-corrected chi connectivity index (χ0v) is 16.2. The van der Waals surface area contributed by atoms with E-state index in [4.69, 9.17) is 4.74 Å². The molecule has 3 aromatic rings. The Morgan fingerprint density at radius 1 is 0.750 bits per heavy atom. The van der Waals surface area contributed by atoms with E-state index in [1.165, 1.54) is 5.56 Å². The first-order chi connectivity index (χ1) is 11.7. The molecule has 3 aromatic carbocycles. The van der Waals surface area contributed by atoms with Crippen LogP contribution in [0.15, 0.2) is 81.7 Å². The van der Waals surface area contributed by atoms with E-state index in [1.807, 2.05) is 36.4 Å². The van der Waals surface area contributed by atoms with Gasteiger partial charge in [-0.3, -0.25) is 0 Å². The zero-order valence-electron chi connectivity index (χ0n) is 13.0. The van der Waals surface area contributed by atoms with Crippen LogP contribution in [0.5, 0.6) is 5.75 Å². The van der Waals surface area contributed by atoms with Crippen molar-refractivity contribution in [2.75, 3.05) is 5.32 Å². The Hall–Kier alpha value is -1.78. The summed E-state index contributed by atoms with van der Waals surface area (Å²) in [4.78, 5) is 0. The lowest BCUT2D eigenvalue weighted by molar-refractivity contribution is 0.302. The molecule has 4 heteroatoms. The normalized spacial score (nSPS) is 10.4. The van der Waals surface area contributed by atoms with E-state index < -0.39 is 0 Å². The Kier molecular flexibility index (Phi) is 5.94. The maximum absolute atomic E-state index is 5.96. The predicted octanol–water partition coefficient (Wildman–Crippen LogP) is 6.40. The molecular weight excluding hydrogens is 430 g/mol. The summed E-state index contributed by atoms with van der Waals surface area (Å²) in [5.41, 5.74) is 3.42. The average Bonchev–Trinajstić information content (AvgIpc) is 2.61. The molecule has 0 saturated carbocycles. The molecule has 0 aliphatic rings. The third-order valence-corrected chi connectivity index (χ3v) is 4.73. The molecule has 0 heterocycles. The van der Waals surface area contributed by atoms with Gasteiger partial charge in [0, 0.05) is 12.2 Å². The maximum atomic E-state index is 5.96. The maximum Gasteiger partial charge on any atom is 0.148 e. The first-order valence-electron chi connectivity index (χ1n) is 7.66. The molecule has 122 valence electrons. The van der Waals surface area contributed by atoms with Crippen molar-refractivity contribution < 1.29 is 4.74 Å². The molecule has 0 aliphatic carbocycles. The summed E-state index contributed by atoms with van der Waals surface area (Å²) in [5.74, 6) is 0.822. The highest BCUT2D eigenvalue weighted by Crippen LogP contribution is 2.35. The molecule has 2 nitrogen and oxygen atoms in total. The van der Waals surface area contributed by atoms with Gasteiger partial charge in [-0.15, -0.1) is 0 Å². The van der Waals surface area contributed by atoms with Crippen LogP contribution in [0.4, 0.5) is 5.69 Å². The lowest BCUT2D eigenvalue weighted by atomic mass is 10.2. The van der Waals surface area contributed by atoms with E-state index in [1.54, 1.807) is 0 Å². The standard InChI is InChI=1S/C20H17Br2NO/c21-18-11-16(13-23-17-9-5-2-6-10-17)12-19(22)20(18)24-14-15-7-3-1-4-8-15/h1-12,23H,13-14H2. The van der Waals surface area contributed by atoms with Gasteiger partial charge in [-0.05, 0) is 67.3 Å². The van der Waals surface area contributed by atoms with Crippen LogP contribution in [-0.4, -0.2) is 0 Å². The highest BCUT2D eigenvalue weighted by molar-refractivity contribution is 9.11. The molecule has 3 rings (SSSR count). The van der Waals surface area contributed by atoms with E-state index in [2.05, 4.69) is 73.6 Å². The summed E-state index contributed by atoms with van der Waals surface area (Å²) in [6.45, 7) is 1.29. The molecule has 0 aliphatic heterocycles. The van der Waals surface area contributed by atoms with Gasteiger partial charge in [-0.2, -0.15) is 0 Å². The highest BCUT2D eigenvalue weighted by atomic mass is 79.9. The fraction of sp³-hybridized carbons (Fsp3) is 0.100. The van der Waals surface area contributed by atoms with Crippen molar-refractivity contribution in [1.82, 2.24) is 0 Å². The molecule has 24 heavy (non-hydrogen) atoms. The SMILES string of the molecule is Brc1cc(CNc2ccccc2)cc(Br)c1OCc1ccccc1. The minimum atomic E-state index is 0.541. The monoisotopic (exact) mass is 445 g/mol. The number of benzene rings is 3. The van der Waals surface area contributed by atoms with Crippen LogP contribution in [0.3, 0.4) is 0 Å². The van der Waals surface area contributed by atoms with Crippen molar-refractivity contribution >= 4 is 37.5 Å². The molecule has 1 N–H and O–H groups in total. The summed E-state index contributed by atoms with van der Waals surface area (Å²) in [5, 5.41) is 3.41. The number of anilines is 1. The summed E-state index contributed by atoms with van der Waals surface area (Å²) in [6.07, 6.45) is 0. The van der Waals surface area contributed by atoms with Crippen LogP contribution in [-0.2, 0) is 13.2 Å². The number of rotatable bonds is 6. The molecule has 0 radical (unpaired) electrons. The second-order valence-electron chi connectivity index (χ2n) is 5.38. The highest BCUT2D eigenvalue weighted by Gasteiger charge is 2.09. The third kappa shape index (κ3) is 4.62. The quantitative estimate of drug-likeness (QED) is 0.472. The molecule has 0 unspecified atom stereocenters. The number of hydrogen-bond donors (Lipinski definition) is 1. The topological polar surface area (TPSA) is 21.3 Å². The molecule has 0 atom stereocenters. The Morgan fingerprint density at radius 3 is 1.96 bits per heavy atom. The summed E-state index contributed by atoms with van der Waals surface area (Å²) >= 11 is 7.23. The van der Waals surface area contributed by atoms with Crippen molar-refractivity contribution in [3.8, 4) is 5.75 Å². The van der Waals surface area contributed by atoms with Crippen molar-refractivity contribution in [2.24, 2.45) is 0 Å². The zero-order chi connectivity index (χ0) is 16.8. The fourth-order valence-electron chi connectivity index (χ4n) is 2.34. The number of para-hydroxylation sites is 1. The molecule has 0 aromatic heterocycles. The van der Waals surface area contributed by atoms with Gasteiger partial charge in [0.05, 0.1) is 8.95 Å². The van der Waals surface area contributed by atoms with Crippen LogP contribution in [0.25, 0.3) is 0 Å². The molecule has 0 amide bonds. The molecule has 0 bridgehead atoms. The van der Waals surface area contributed by atoms with Crippen molar-refractivity contribution in [3.05, 3.63) is 92.9 Å². The first kappa shape index (κ1) is 17.1. The number of hydrogen-bond acceptors (Lipinski definition) is 2. The predicted molar refractivity (Wildman–Crippen MR) is 106 cm³/mol. The van der Waals surface area contributed by atoms with Crippen LogP contribution >= 0.6 is 31.9 Å². The molecule has 0 saturated heterocycles. The molecule has 0 fully saturated rings. The Morgan fingerprint density at radius 2 is 1.33 bits per heavy atom. The Labute approximate surface area is 159 Å². The lowest BCUT2D eigenvalue weighted by Crippen LogP contribution is -2.01. The second kappa shape index (κ2) is 8.36. The summed E-state index contributed by atoms with van der Waals surface area (Å²) in [6, 6.07) is 24.5. The molecular formula is C20H17Br2NO. The van der Waals surface area contributed by atoms with Gasteiger partial charge >= 0.3 is 0 Å². The van der Waals surface area contributed by atoms with Crippen LogP contribution in [0.2, 0.25) is 0 Å². The number of ether oxygens (including phenoxy) is 1. The van der Waals surface area contributed by atoms with Crippen molar-refractivity contribution in [1.29, 1.82) is 0 Å². The van der Waals surface area contributed by atoms with E-state index in [-0.39, 0.29) is 0 Å². The number of halogens is 2. The minimum absolute atomic E-state index is 0.541.